The van der Waals surface area contributed by atoms with E-state index >= 15 is 0 Å². The van der Waals surface area contributed by atoms with Gasteiger partial charge in [0.2, 0.25) is 5.91 Å². The minimum atomic E-state index is -0.151. The van der Waals surface area contributed by atoms with Crippen molar-refractivity contribution in [3.63, 3.8) is 0 Å². The van der Waals surface area contributed by atoms with Gasteiger partial charge in [-0.25, -0.2) is 0 Å². The van der Waals surface area contributed by atoms with Gasteiger partial charge in [-0.05, 0) is 44.7 Å². The third kappa shape index (κ3) is 4.07. The maximum Gasteiger partial charge on any atom is 0.241 e. The lowest BCUT2D eigenvalue weighted by atomic mass is 9.85. The Labute approximate surface area is 122 Å². The van der Waals surface area contributed by atoms with Crippen molar-refractivity contribution in [3.05, 3.63) is 29.8 Å². The van der Waals surface area contributed by atoms with Crippen LogP contribution in [0.25, 0.3) is 0 Å². The molecule has 2 rings (SSSR count). The molecule has 0 aromatic heterocycles. The van der Waals surface area contributed by atoms with Crippen molar-refractivity contribution < 1.29 is 4.79 Å². The van der Waals surface area contributed by atoms with Crippen molar-refractivity contribution in [1.82, 2.24) is 5.32 Å². The highest BCUT2D eigenvalue weighted by atomic mass is 16.2. The van der Waals surface area contributed by atoms with E-state index in [2.05, 4.69) is 17.6 Å². The molecule has 1 fully saturated rings. The summed E-state index contributed by atoms with van der Waals surface area (Å²) in [5.41, 5.74) is 2.07. The van der Waals surface area contributed by atoms with Crippen molar-refractivity contribution in [2.45, 2.75) is 58.5 Å². The molecule has 20 heavy (non-hydrogen) atoms. The Morgan fingerprint density at radius 2 is 1.85 bits per heavy atom. The second-order valence-corrected chi connectivity index (χ2v) is 6.11. The highest BCUT2D eigenvalue weighted by molar-refractivity contribution is 5.94. The van der Waals surface area contributed by atoms with Crippen LogP contribution < -0.4 is 10.6 Å². The molecule has 0 saturated heterocycles. The van der Waals surface area contributed by atoms with E-state index in [1.54, 1.807) is 0 Å². The van der Waals surface area contributed by atoms with Crippen LogP contribution in [0.5, 0.6) is 0 Å². The van der Waals surface area contributed by atoms with Gasteiger partial charge in [0.1, 0.15) is 0 Å². The maximum absolute atomic E-state index is 12.2. The minimum Gasteiger partial charge on any atom is -0.325 e. The van der Waals surface area contributed by atoms with E-state index in [1.807, 2.05) is 38.1 Å². The quantitative estimate of drug-likeness (QED) is 0.882. The molecule has 0 heterocycles. The van der Waals surface area contributed by atoms with Crippen molar-refractivity contribution in [1.29, 1.82) is 0 Å². The summed E-state index contributed by atoms with van der Waals surface area (Å²) < 4.78 is 0. The van der Waals surface area contributed by atoms with Crippen LogP contribution in [-0.2, 0) is 4.79 Å². The lowest BCUT2D eigenvalue weighted by Gasteiger charge is -2.31. The standard InChI is InChI=1S/C17H26N2O/c1-12-8-10-15(11-9-12)19-17(20)14(3)18-16-7-5-4-6-13(16)2/h8-11,13-14,16,18H,4-7H2,1-3H3,(H,19,20)/t13-,14+,16+/m0/s1. The summed E-state index contributed by atoms with van der Waals surface area (Å²) in [6, 6.07) is 8.24. The molecule has 1 aromatic carbocycles. The molecule has 0 aliphatic heterocycles. The van der Waals surface area contributed by atoms with E-state index in [9.17, 15) is 4.79 Å². The summed E-state index contributed by atoms with van der Waals surface area (Å²) in [4.78, 5) is 12.2. The van der Waals surface area contributed by atoms with Crippen LogP contribution in [0.2, 0.25) is 0 Å². The fourth-order valence-corrected chi connectivity index (χ4v) is 2.85. The van der Waals surface area contributed by atoms with Gasteiger partial charge in [0.05, 0.1) is 6.04 Å². The zero-order chi connectivity index (χ0) is 14.5. The fourth-order valence-electron chi connectivity index (χ4n) is 2.85. The van der Waals surface area contributed by atoms with Gasteiger partial charge in [-0.15, -0.1) is 0 Å². The summed E-state index contributed by atoms with van der Waals surface area (Å²) in [6.07, 6.45) is 5.05. The van der Waals surface area contributed by atoms with Crippen molar-refractivity contribution >= 4 is 11.6 Å². The number of anilines is 1. The number of rotatable bonds is 4. The summed E-state index contributed by atoms with van der Waals surface area (Å²) in [7, 11) is 0. The lowest BCUT2D eigenvalue weighted by Crippen LogP contribution is -2.47. The molecule has 0 radical (unpaired) electrons. The van der Waals surface area contributed by atoms with Crippen LogP contribution in [0, 0.1) is 12.8 Å². The Bertz CT molecular complexity index is 441. The van der Waals surface area contributed by atoms with E-state index in [1.165, 1.54) is 31.2 Å². The van der Waals surface area contributed by atoms with E-state index < -0.39 is 0 Å². The second kappa shape index (κ2) is 6.89. The Kier molecular flexibility index (Phi) is 5.18. The molecule has 1 aliphatic rings. The van der Waals surface area contributed by atoms with Gasteiger partial charge in [0.15, 0.2) is 0 Å². The number of aryl methyl sites for hydroxylation is 1. The number of amides is 1. The number of carbonyl (C=O) groups is 1. The highest BCUT2D eigenvalue weighted by Crippen LogP contribution is 2.24. The molecule has 1 amide bonds. The average molecular weight is 274 g/mol. The second-order valence-electron chi connectivity index (χ2n) is 6.11. The number of hydrogen-bond acceptors (Lipinski definition) is 2. The minimum absolute atomic E-state index is 0.0478. The first-order chi connectivity index (χ1) is 9.56. The van der Waals surface area contributed by atoms with Crippen LogP contribution in [0.1, 0.15) is 45.1 Å². The van der Waals surface area contributed by atoms with Crippen molar-refractivity contribution in [3.8, 4) is 0 Å². The third-order valence-electron chi connectivity index (χ3n) is 4.29. The van der Waals surface area contributed by atoms with E-state index in [-0.39, 0.29) is 11.9 Å². The Morgan fingerprint density at radius 3 is 2.50 bits per heavy atom. The van der Waals surface area contributed by atoms with Crippen LogP contribution in [0.15, 0.2) is 24.3 Å². The van der Waals surface area contributed by atoms with Crippen LogP contribution >= 0.6 is 0 Å². The summed E-state index contributed by atoms with van der Waals surface area (Å²) in [6.45, 7) is 6.27. The third-order valence-corrected chi connectivity index (χ3v) is 4.29. The van der Waals surface area contributed by atoms with Gasteiger partial charge in [-0.1, -0.05) is 37.5 Å². The van der Waals surface area contributed by atoms with Crippen LogP contribution in [0.4, 0.5) is 5.69 Å². The lowest BCUT2D eigenvalue weighted by molar-refractivity contribution is -0.118. The largest absolute Gasteiger partial charge is 0.325 e. The SMILES string of the molecule is Cc1ccc(NC(=O)[C@@H](C)N[C@@H]2CCCC[C@@H]2C)cc1. The van der Waals surface area contributed by atoms with E-state index in [0.29, 0.717) is 12.0 Å². The number of nitrogens with one attached hydrogen (secondary N) is 2. The van der Waals surface area contributed by atoms with Gasteiger partial charge >= 0.3 is 0 Å². The normalized spacial score (nSPS) is 24.1. The zero-order valence-electron chi connectivity index (χ0n) is 12.8. The Balaban J connectivity index is 1.86. The smallest absolute Gasteiger partial charge is 0.241 e. The molecule has 110 valence electrons. The molecule has 3 heteroatoms. The molecule has 0 unspecified atom stereocenters. The molecular formula is C17H26N2O. The first-order valence-electron chi connectivity index (χ1n) is 7.70. The van der Waals surface area contributed by atoms with Crippen LogP contribution in [-0.4, -0.2) is 18.0 Å². The van der Waals surface area contributed by atoms with E-state index in [0.717, 1.165) is 5.69 Å². The monoisotopic (exact) mass is 274 g/mol. The van der Waals surface area contributed by atoms with Gasteiger partial charge < -0.3 is 10.6 Å². The number of carbonyl (C=O) groups excluding carboxylic acids is 1. The molecule has 3 nitrogen and oxygen atoms in total. The maximum atomic E-state index is 12.2. The molecule has 3 atom stereocenters. The number of benzene rings is 1. The van der Waals surface area contributed by atoms with E-state index in [4.69, 9.17) is 0 Å². The predicted molar refractivity (Wildman–Crippen MR) is 83.8 cm³/mol. The molecule has 1 aromatic rings. The molecule has 2 N–H and O–H groups in total. The first-order valence-corrected chi connectivity index (χ1v) is 7.70. The van der Waals surface area contributed by atoms with Gasteiger partial charge in [-0.2, -0.15) is 0 Å². The molecule has 0 bridgehead atoms. The van der Waals surface area contributed by atoms with Gasteiger partial charge in [0.25, 0.3) is 0 Å². The van der Waals surface area contributed by atoms with Crippen LogP contribution in [0.3, 0.4) is 0 Å². The Hall–Kier alpha value is -1.35. The predicted octanol–water partition coefficient (Wildman–Crippen LogP) is 3.49. The highest BCUT2D eigenvalue weighted by Gasteiger charge is 2.24. The zero-order valence-corrected chi connectivity index (χ0v) is 12.8. The topological polar surface area (TPSA) is 41.1 Å². The summed E-state index contributed by atoms with van der Waals surface area (Å²) in [5.74, 6) is 0.713. The van der Waals surface area contributed by atoms with Crippen molar-refractivity contribution in [2.75, 3.05) is 5.32 Å². The van der Waals surface area contributed by atoms with Gasteiger partial charge in [-0.3, -0.25) is 4.79 Å². The molecular weight excluding hydrogens is 248 g/mol. The molecule has 1 aliphatic carbocycles. The summed E-state index contributed by atoms with van der Waals surface area (Å²) >= 11 is 0. The van der Waals surface area contributed by atoms with Gasteiger partial charge in [0, 0.05) is 11.7 Å². The average Bonchev–Trinajstić information content (AvgIpc) is 2.44. The molecule has 0 spiro atoms. The molecule has 1 saturated carbocycles. The Morgan fingerprint density at radius 1 is 1.20 bits per heavy atom. The summed E-state index contributed by atoms with van der Waals surface area (Å²) in [5, 5.41) is 6.46. The first kappa shape index (κ1) is 15.0. The number of hydrogen-bond donors (Lipinski definition) is 2. The van der Waals surface area contributed by atoms with Crippen molar-refractivity contribution in [2.24, 2.45) is 5.92 Å². The fraction of sp³-hybridized carbons (Fsp3) is 0.588.